The molecule has 89 heavy (non-hydrogen) atoms. The predicted octanol–water partition coefficient (Wildman–Crippen LogP) is 8.03. The van der Waals surface area contributed by atoms with Crippen LogP contribution in [-0.4, -0.2) is 181 Å². The number of carbonyl (C=O) groups is 5. The van der Waals surface area contributed by atoms with Gasteiger partial charge in [-0.05, 0) is 134 Å². The number of alkyl halides is 3. The summed E-state index contributed by atoms with van der Waals surface area (Å²) in [5.74, 6) is -3.07. The van der Waals surface area contributed by atoms with Crippen LogP contribution in [0.25, 0.3) is 0 Å². The molecule has 5 amide bonds. The highest BCUT2D eigenvalue weighted by Crippen LogP contribution is 2.77. The van der Waals surface area contributed by atoms with Gasteiger partial charge in [-0.25, -0.2) is 21.6 Å². The summed E-state index contributed by atoms with van der Waals surface area (Å²) in [6.45, 7) is 16.3. The third-order valence-corrected chi connectivity index (χ3v) is 22.9. The molecule has 4 aliphatic heterocycles. The summed E-state index contributed by atoms with van der Waals surface area (Å²) >= 11 is 1.43. The van der Waals surface area contributed by atoms with Gasteiger partial charge in [-0.15, -0.1) is 11.8 Å². The number of fused-ring (bicyclic) bond motifs is 1. The maximum Gasteiger partial charge on any atom is 0.501 e. The molecular formula is C64H78F3N9O10S3. The molecule has 2 atom stereocenters. The van der Waals surface area contributed by atoms with Gasteiger partial charge in [0.05, 0.1) is 34.9 Å². The second kappa shape index (κ2) is 25.7. The van der Waals surface area contributed by atoms with E-state index in [4.69, 9.17) is 4.74 Å². The Morgan fingerprint density at radius 2 is 1.46 bits per heavy atom. The van der Waals surface area contributed by atoms with Gasteiger partial charge in [-0.2, -0.15) is 13.2 Å². The SMILES string of the molecule is CC1(C)CCC(CN2CCN(c3ccc(C(=O)NS(=O)(=O)c4ccc(N[C@H](CCN5CCN(CCOCCNc6cccc7c6C(=O)N(C6CCC(=O)NC6=O)C7=O)CC5)CSc5ccccc5)c(S(=O)(=O)C(F)(F)F)c4)cc3)CC2)=C(C23CC(C)(C2)C3)C1. The third-order valence-electron chi connectivity index (χ3n) is 18.9. The van der Waals surface area contributed by atoms with Crippen LogP contribution in [0.4, 0.5) is 30.2 Å². The summed E-state index contributed by atoms with van der Waals surface area (Å²) in [5, 5.41) is 8.41. The number of imide groups is 2. The highest BCUT2D eigenvalue weighted by molar-refractivity contribution is 7.99. The van der Waals surface area contributed by atoms with Crippen molar-refractivity contribution in [1.82, 2.24) is 29.6 Å². The number of hydrogen-bond acceptors (Lipinski definition) is 17. The van der Waals surface area contributed by atoms with Crippen LogP contribution in [-0.2, 0) is 34.2 Å². The molecular weight excluding hydrogens is 1210 g/mol. The lowest BCUT2D eigenvalue weighted by Crippen LogP contribution is -2.61. The van der Waals surface area contributed by atoms with Crippen molar-refractivity contribution >= 4 is 78.2 Å². The smallest absolute Gasteiger partial charge is 0.382 e. The van der Waals surface area contributed by atoms with Gasteiger partial charge in [0.25, 0.3) is 37.6 Å². The first kappa shape index (κ1) is 64.2. The van der Waals surface area contributed by atoms with E-state index in [2.05, 4.69) is 56.3 Å². The fourth-order valence-electron chi connectivity index (χ4n) is 14.2. The Balaban J connectivity index is 0.667. The van der Waals surface area contributed by atoms with Crippen LogP contribution >= 0.6 is 11.8 Å². The minimum absolute atomic E-state index is 0.00656. The van der Waals surface area contributed by atoms with Crippen LogP contribution in [0.15, 0.2) is 117 Å². The van der Waals surface area contributed by atoms with Crippen LogP contribution in [0.3, 0.4) is 0 Å². The standard InChI is InChI=1S/C64H78F3N9O10S3/c1-61(2)22-20-44(50(37-61)63-40-62(3,41-63)42-63)38-74-29-31-75(32-30-74)46-14-12-43(13-15-46)57(78)71-89(84,85)48-16-17-51(54(36-48)88(82,83)64(65,66)67)69-45(39-87-47-8-5-4-6-9-47)21-24-72-25-27-73(28-26-72)33-35-86-34-23-68-52-11-7-10-49-56(52)60(81)76(59(49)80)53-18-19-55(77)70-58(53)79/h4-17,36,45,53,68-69H,18-35,37-42H2,1-3H3,(H,71,78)(H,70,77,79)/t45-,53?,62?,63?/m1/s1. The van der Waals surface area contributed by atoms with Crippen LogP contribution in [0.1, 0.15) is 110 Å². The fourth-order valence-corrected chi connectivity index (χ4v) is 17.3. The lowest BCUT2D eigenvalue weighted by atomic mass is 9.33. The molecule has 0 radical (unpaired) electrons. The van der Waals surface area contributed by atoms with Crippen molar-refractivity contribution in [2.75, 3.05) is 113 Å². The molecule has 4 N–H and O–H groups in total. The minimum Gasteiger partial charge on any atom is -0.382 e. The number of allylic oxidation sites excluding steroid dienone is 1. The largest absolute Gasteiger partial charge is 0.501 e. The summed E-state index contributed by atoms with van der Waals surface area (Å²) in [6, 6.07) is 21.4. The number of sulfonamides is 1. The van der Waals surface area contributed by atoms with Gasteiger partial charge in [-0.1, -0.05) is 56.2 Å². The second-order valence-electron chi connectivity index (χ2n) is 26.0. The van der Waals surface area contributed by atoms with E-state index in [0.29, 0.717) is 92.6 Å². The van der Waals surface area contributed by atoms with Crippen molar-refractivity contribution in [3.05, 3.63) is 119 Å². The fraction of sp³-hybridized carbons (Fsp3) is 0.516. The number of anilines is 3. The molecule has 19 nitrogen and oxygen atoms in total. The minimum atomic E-state index is -6.13. The third kappa shape index (κ3) is 14.1. The normalized spacial score (nSPS) is 23.8. The number of piperidine rings is 1. The van der Waals surface area contributed by atoms with Crippen molar-refractivity contribution in [3.63, 3.8) is 0 Å². The van der Waals surface area contributed by atoms with Gasteiger partial charge in [0.15, 0.2) is 0 Å². The van der Waals surface area contributed by atoms with Crippen molar-refractivity contribution in [1.29, 1.82) is 0 Å². The van der Waals surface area contributed by atoms with Gasteiger partial charge in [0, 0.05) is 119 Å². The van der Waals surface area contributed by atoms with Crippen molar-refractivity contribution < 1.29 is 58.7 Å². The van der Waals surface area contributed by atoms with Gasteiger partial charge < -0.3 is 25.2 Å². The summed E-state index contributed by atoms with van der Waals surface area (Å²) in [6.07, 6.45) is 7.95. The Kier molecular flexibility index (Phi) is 18.6. The van der Waals surface area contributed by atoms with E-state index in [-0.39, 0.29) is 36.1 Å². The molecule has 4 aromatic carbocycles. The maximum absolute atomic E-state index is 14.5. The summed E-state index contributed by atoms with van der Waals surface area (Å²) < 4.78 is 106. The summed E-state index contributed by atoms with van der Waals surface area (Å²) in [5.41, 5.74) is 0.0512. The number of rotatable bonds is 24. The highest BCUT2D eigenvalue weighted by Gasteiger charge is 2.67. The van der Waals surface area contributed by atoms with Crippen molar-refractivity contribution in [3.8, 4) is 0 Å². The van der Waals surface area contributed by atoms with Crippen molar-refractivity contribution in [2.45, 2.75) is 111 Å². The monoisotopic (exact) mass is 1290 g/mol. The molecule has 12 rings (SSSR count). The molecule has 25 heteroatoms. The number of hydrogen-bond donors (Lipinski definition) is 4. The summed E-state index contributed by atoms with van der Waals surface area (Å²) in [7, 11) is -11.0. The highest BCUT2D eigenvalue weighted by atomic mass is 32.2. The first-order chi connectivity index (χ1) is 42.3. The predicted molar refractivity (Wildman–Crippen MR) is 333 cm³/mol. The summed E-state index contributed by atoms with van der Waals surface area (Å²) in [4.78, 5) is 73.3. The maximum atomic E-state index is 14.5. The molecule has 4 aliphatic carbocycles. The number of ether oxygens (including phenoxy) is 1. The van der Waals surface area contributed by atoms with Crippen molar-refractivity contribution in [2.24, 2.45) is 16.2 Å². The zero-order valence-corrected chi connectivity index (χ0v) is 52.9. The zero-order chi connectivity index (χ0) is 63.1. The van der Waals surface area contributed by atoms with Crippen LogP contribution in [0, 0.1) is 16.2 Å². The Labute approximate surface area is 522 Å². The first-order valence-corrected chi connectivity index (χ1v) is 34.6. The molecule has 0 spiro atoms. The van der Waals surface area contributed by atoms with Gasteiger partial charge in [0.2, 0.25) is 11.8 Å². The molecule has 4 heterocycles. The first-order valence-electron chi connectivity index (χ1n) is 30.7. The number of sulfone groups is 1. The van der Waals surface area contributed by atoms with E-state index < -0.39 is 82.5 Å². The molecule has 4 aromatic rings. The Bertz CT molecular complexity index is 3610. The van der Waals surface area contributed by atoms with Gasteiger partial charge in [0.1, 0.15) is 10.9 Å². The number of thioether (sulfide) groups is 1. The number of nitrogens with zero attached hydrogens (tertiary/aromatic N) is 5. The number of nitrogens with one attached hydrogen (secondary N) is 4. The Hall–Kier alpha value is -6.35. The Morgan fingerprint density at radius 1 is 0.775 bits per heavy atom. The number of benzene rings is 4. The van der Waals surface area contributed by atoms with Gasteiger partial charge in [-0.3, -0.25) is 44.0 Å². The zero-order valence-electron chi connectivity index (χ0n) is 50.5. The quantitative estimate of drug-likeness (QED) is 0.0225. The molecule has 1 unspecified atom stereocenters. The Morgan fingerprint density at radius 3 is 2.13 bits per heavy atom. The van der Waals surface area contributed by atoms with E-state index in [0.717, 1.165) is 66.8 Å². The molecule has 478 valence electrons. The number of piperazine rings is 2. The molecule has 6 fully saturated rings. The topological polar surface area (TPSA) is 227 Å². The van der Waals surface area contributed by atoms with Crippen LogP contribution < -0.4 is 25.6 Å². The lowest BCUT2D eigenvalue weighted by Gasteiger charge is -2.72. The van der Waals surface area contributed by atoms with Crippen LogP contribution in [0.5, 0.6) is 0 Å². The lowest BCUT2D eigenvalue weighted by molar-refractivity contribution is -0.167. The van der Waals surface area contributed by atoms with E-state index in [9.17, 15) is 54.0 Å². The number of halogens is 3. The molecule has 2 bridgehead atoms. The molecule has 0 aromatic heterocycles. The van der Waals surface area contributed by atoms with E-state index in [1.807, 2.05) is 35.1 Å². The molecule has 3 saturated carbocycles. The van der Waals surface area contributed by atoms with Gasteiger partial charge >= 0.3 is 5.51 Å². The average Bonchev–Trinajstić information content (AvgIpc) is 1.29. The van der Waals surface area contributed by atoms with E-state index in [1.54, 1.807) is 35.4 Å². The average molecular weight is 1290 g/mol. The second-order valence-corrected chi connectivity index (χ2v) is 30.7. The molecule has 8 aliphatic rings. The molecule has 3 saturated heterocycles. The van der Waals surface area contributed by atoms with E-state index >= 15 is 0 Å². The number of carbonyl (C=O) groups excluding carboxylic acids is 5. The number of amides is 5. The van der Waals surface area contributed by atoms with Crippen LogP contribution in [0.2, 0.25) is 0 Å². The van der Waals surface area contributed by atoms with E-state index in [1.165, 1.54) is 62.1 Å².